The molecule has 0 aromatic rings. The Morgan fingerprint density at radius 1 is 1.07 bits per heavy atom. The van der Waals surface area contributed by atoms with E-state index in [1.54, 1.807) is 0 Å². The number of nitrogens with one attached hydrogen (secondary N) is 1. The molecule has 0 aromatic carbocycles. The van der Waals surface area contributed by atoms with Crippen LogP contribution in [0, 0.1) is 5.41 Å². The molecular formula is C12H23NO. The van der Waals surface area contributed by atoms with Gasteiger partial charge >= 0.3 is 0 Å². The number of hydrogen-bond acceptors (Lipinski definition) is 2. The highest BCUT2D eigenvalue weighted by molar-refractivity contribution is 4.90. The smallest absolute Gasteiger partial charge is 0.0499 e. The molecular weight excluding hydrogens is 174 g/mol. The van der Waals surface area contributed by atoms with E-state index < -0.39 is 0 Å². The van der Waals surface area contributed by atoms with Crippen molar-refractivity contribution < 1.29 is 5.11 Å². The third-order valence-corrected chi connectivity index (χ3v) is 4.12. The zero-order valence-corrected chi connectivity index (χ0v) is 9.10. The van der Waals surface area contributed by atoms with E-state index in [0.29, 0.717) is 6.61 Å². The molecule has 2 nitrogen and oxygen atoms in total. The van der Waals surface area contributed by atoms with Crippen molar-refractivity contribution in [1.29, 1.82) is 0 Å². The van der Waals surface area contributed by atoms with Gasteiger partial charge in [-0.3, -0.25) is 0 Å². The molecule has 0 heterocycles. The topological polar surface area (TPSA) is 32.3 Å². The molecule has 82 valence electrons. The third-order valence-electron chi connectivity index (χ3n) is 4.12. The molecule has 0 aliphatic heterocycles. The maximum Gasteiger partial charge on any atom is 0.0499 e. The van der Waals surface area contributed by atoms with Crippen LogP contribution >= 0.6 is 0 Å². The van der Waals surface area contributed by atoms with Crippen molar-refractivity contribution >= 4 is 0 Å². The van der Waals surface area contributed by atoms with E-state index in [4.69, 9.17) is 0 Å². The van der Waals surface area contributed by atoms with Gasteiger partial charge in [-0.1, -0.05) is 25.7 Å². The lowest BCUT2D eigenvalue weighted by molar-refractivity contribution is 0.0407. The average molecular weight is 197 g/mol. The van der Waals surface area contributed by atoms with Crippen LogP contribution in [0.15, 0.2) is 0 Å². The Balaban J connectivity index is 1.69. The van der Waals surface area contributed by atoms with Crippen LogP contribution in [0.1, 0.15) is 51.4 Å². The molecule has 2 aliphatic carbocycles. The second-order valence-corrected chi connectivity index (χ2v) is 5.23. The van der Waals surface area contributed by atoms with Crippen molar-refractivity contribution in [1.82, 2.24) is 5.32 Å². The maximum atomic E-state index is 9.33. The van der Waals surface area contributed by atoms with Gasteiger partial charge in [-0.25, -0.2) is 0 Å². The lowest BCUT2D eigenvalue weighted by atomic mass is 9.69. The van der Waals surface area contributed by atoms with E-state index >= 15 is 0 Å². The van der Waals surface area contributed by atoms with E-state index in [1.807, 2.05) is 0 Å². The van der Waals surface area contributed by atoms with Crippen LogP contribution in [0.4, 0.5) is 0 Å². The summed E-state index contributed by atoms with van der Waals surface area (Å²) >= 11 is 0. The molecule has 2 fully saturated rings. The standard InChI is InChI=1S/C12H23NO/c14-10-12(7-4-8-12)9-13-11-5-2-1-3-6-11/h11,13-14H,1-10H2. The molecule has 0 amide bonds. The van der Waals surface area contributed by atoms with Gasteiger partial charge in [-0.05, 0) is 25.7 Å². The van der Waals surface area contributed by atoms with E-state index in [-0.39, 0.29) is 5.41 Å². The highest BCUT2D eigenvalue weighted by Gasteiger charge is 2.36. The van der Waals surface area contributed by atoms with Gasteiger partial charge in [0.1, 0.15) is 0 Å². The summed E-state index contributed by atoms with van der Waals surface area (Å²) in [4.78, 5) is 0. The summed E-state index contributed by atoms with van der Waals surface area (Å²) in [6, 6.07) is 0.743. The van der Waals surface area contributed by atoms with Gasteiger partial charge in [0, 0.05) is 24.6 Å². The van der Waals surface area contributed by atoms with Gasteiger partial charge in [0.05, 0.1) is 0 Å². The molecule has 0 saturated heterocycles. The van der Waals surface area contributed by atoms with Crippen molar-refractivity contribution in [3.05, 3.63) is 0 Å². The molecule has 0 unspecified atom stereocenters. The van der Waals surface area contributed by atoms with Gasteiger partial charge < -0.3 is 10.4 Å². The van der Waals surface area contributed by atoms with Crippen molar-refractivity contribution in [3.63, 3.8) is 0 Å². The summed E-state index contributed by atoms with van der Waals surface area (Å²) < 4.78 is 0. The molecule has 0 aromatic heterocycles. The van der Waals surface area contributed by atoms with Crippen LogP contribution in [0.25, 0.3) is 0 Å². The number of aliphatic hydroxyl groups excluding tert-OH is 1. The van der Waals surface area contributed by atoms with Crippen LogP contribution in [0.3, 0.4) is 0 Å². The lowest BCUT2D eigenvalue weighted by Crippen LogP contribution is -2.46. The van der Waals surface area contributed by atoms with Crippen molar-refractivity contribution in [2.24, 2.45) is 5.41 Å². The monoisotopic (exact) mass is 197 g/mol. The second-order valence-electron chi connectivity index (χ2n) is 5.23. The lowest BCUT2D eigenvalue weighted by Gasteiger charge is -2.41. The van der Waals surface area contributed by atoms with Crippen molar-refractivity contribution in [3.8, 4) is 0 Å². The number of rotatable bonds is 4. The molecule has 14 heavy (non-hydrogen) atoms. The highest BCUT2D eigenvalue weighted by Crippen LogP contribution is 2.39. The van der Waals surface area contributed by atoms with Gasteiger partial charge in [-0.15, -0.1) is 0 Å². The van der Waals surface area contributed by atoms with Gasteiger partial charge in [0.15, 0.2) is 0 Å². The zero-order valence-electron chi connectivity index (χ0n) is 9.10. The molecule has 0 atom stereocenters. The molecule has 0 radical (unpaired) electrons. The summed E-state index contributed by atoms with van der Waals surface area (Å²) in [7, 11) is 0. The van der Waals surface area contributed by atoms with Crippen LogP contribution in [-0.2, 0) is 0 Å². The predicted molar refractivity (Wildman–Crippen MR) is 58.2 cm³/mol. The first-order valence-corrected chi connectivity index (χ1v) is 6.19. The first-order valence-electron chi connectivity index (χ1n) is 6.19. The minimum atomic E-state index is 0.261. The SMILES string of the molecule is OCC1(CNC2CCCCC2)CCC1. The fourth-order valence-corrected chi connectivity index (χ4v) is 2.74. The minimum absolute atomic E-state index is 0.261. The third kappa shape index (κ3) is 2.29. The second kappa shape index (κ2) is 4.63. The van der Waals surface area contributed by atoms with Crippen molar-refractivity contribution in [2.75, 3.05) is 13.2 Å². The predicted octanol–water partition coefficient (Wildman–Crippen LogP) is 2.07. The molecule has 2 heteroatoms. The summed E-state index contributed by atoms with van der Waals surface area (Å²) in [5.41, 5.74) is 0.261. The molecule has 0 spiro atoms. The van der Waals surface area contributed by atoms with Gasteiger partial charge in [0.2, 0.25) is 0 Å². The van der Waals surface area contributed by atoms with E-state index in [9.17, 15) is 5.11 Å². The fourth-order valence-electron chi connectivity index (χ4n) is 2.74. The Bertz CT molecular complexity index is 166. The number of aliphatic hydroxyl groups is 1. The minimum Gasteiger partial charge on any atom is -0.396 e. The van der Waals surface area contributed by atoms with E-state index in [1.165, 1.54) is 51.4 Å². The normalized spacial score (nSPS) is 27.2. The molecule has 2 rings (SSSR count). The Labute approximate surface area is 87.1 Å². The first-order chi connectivity index (χ1) is 6.85. The van der Waals surface area contributed by atoms with E-state index in [0.717, 1.165) is 12.6 Å². The maximum absolute atomic E-state index is 9.33. The van der Waals surface area contributed by atoms with E-state index in [2.05, 4.69) is 5.32 Å². The first kappa shape index (κ1) is 10.4. The molecule has 2 N–H and O–H groups in total. The van der Waals surface area contributed by atoms with Gasteiger partial charge in [0.25, 0.3) is 0 Å². The average Bonchev–Trinajstić information content (AvgIpc) is 2.19. The molecule has 2 saturated carbocycles. The Kier molecular flexibility index (Phi) is 3.45. The molecule has 0 bridgehead atoms. The van der Waals surface area contributed by atoms with Crippen LogP contribution in [0.2, 0.25) is 0 Å². The Morgan fingerprint density at radius 3 is 2.29 bits per heavy atom. The van der Waals surface area contributed by atoms with Gasteiger partial charge in [-0.2, -0.15) is 0 Å². The zero-order chi connectivity index (χ0) is 9.86. The van der Waals surface area contributed by atoms with Crippen LogP contribution < -0.4 is 5.32 Å². The fraction of sp³-hybridized carbons (Fsp3) is 1.00. The Hall–Kier alpha value is -0.0800. The quantitative estimate of drug-likeness (QED) is 0.723. The van der Waals surface area contributed by atoms with Crippen LogP contribution in [-0.4, -0.2) is 24.3 Å². The summed E-state index contributed by atoms with van der Waals surface area (Å²) in [6.45, 7) is 1.43. The Morgan fingerprint density at radius 2 is 1.79 bits per heavy atom. The largest absolute Gasteiger partial charge is 0.396 e. The van der Waals surface area contributed by atoms with Crippen molar-refractivity contribution in [2.45, 2.75) is 57.4 Å². The summed E-state index contributed by atoms with van der Waals surface area (Å²) in [5.74, 6) is 0. The summed E-state index contributed by atoms with van der Waals surface area (Å²) in [6.07, 6.45) is 10.7. The van der Waals surface area contributed by atoms with Crippen LogP contribution in [0.5, 0.6) is 0 Å². The highest BCUT2D eigenvalue weighted by atomic mass is 16.3. The molecule has 2 aliphatic rings. The summed E-state index contributed by atoms with van der Waals surface area (Å²) in [5, 5.41) is 13.0. The number of hydrogen-bond donors (Lipinski definition) is 2.